The molecule has 0 N–H and O–H groups in total. The molecule has 12 heavy (non-hydrogen) atoms. The number of hydrogen-bond acceptors (Lipinski definition) is 0. The number of nitrogens with zero attached hydrogens (tertiary/aromatic N) is 1. The molecular weight excluding hydrogens is 146 g/mol. The average molecular weight is 166 g/mol. The van der Waals surface area contributed by atoms with Crippen LogP contribution in [0, 0.1) is 17.8 Å². The number of quaternary nitrogens is 1. The van der Waals surface area contributed by atoms with E-state index in [1.165, 1.54) is 19.4 Å². The van der Waals surface area contributed by atoms with Crippen LogP contribution >= 0.6 is 0 Å². The Kier molecular flexibility index (Phi) is 1.80. The van der Waals surface area contributed by atoms with Crippen LogP contribution in [0.3, 0.4) is 0 Å². The van der Waals surface area contributed by atoms with Crippen LogP contribution in [0.4, 0.5) is 0 Å². The van der Waals surface area contributed by atoms with Crippen molar-refractivity contribution in [3.8, 4) is 0 Å². The molecule has 3 atom stereocenters. The lowest BCUT2D eigenvalue weighted by Crippen LogP contribution is -2.40. The van der Waals surface area contributed by atoms with Gasteiger partial charge in [-0.15, -0.1) is 0 Å². The van der Waals surface area contributed by atoms with E-state index in [0.717, 1.165) is 22.2 Å². The topological polar surface area (TPSA) is 0 Å². The molecule has 1 heteroatoms. The summed E-state index contributed by atoms with van der Waals surface area (Å²) in [5.41, 5.74) is 0. The van der Waals surface area contributed by atoms with E-state index in [2.05, 4.69) is 33.3 Å². The molecule has 68 valence electrons. The lowest BCUT2D eigenvalue weighted by molar-refractivity contribution is -0.874. The van der Waals surface area contributed by atoms with Crippen molar-refractivity contribution in [3.63, 3.8) is 0 Å². The van der Waals surface area contributed by atoms with E-state index in [9.17, 15) is 0 Å². The van der Waals surface area contributed by atoms with Crippen molar-refractivity contribution >= 4 is 0 Å². The largest absolute Gasteiger partial charge is 0.331 e. The third-order valence-electron chi connectivity index (χ3n) is 3.20. The molecule has 2 aliphatic carbocycles. The quantitative estimate of drug-likeness (QED) is 0.434. The number of rotatable bonds is 2. The summed E-state index contributed by atoms with van der Waals surface area (Å²) in [7, 11) is 6.90. The zero-order chi connectivity index (χ0) is 8.77. The van der Waals surface area contributed by atoms with Gasteiger partial charge in [0, 0.05) is 5.92 Å². The summed E-state index contributed by atoms with van der Waals surface area (Å²) in [4.78, 5) is 0. The minimum absolute atomic E-state index is 0.923. The number of hydrogen-bond donors (Lipinski definition) is 0. The second kappa shape index (κ2) is 2.59. The standard InChI is InChI=1S/C11H20N/c1-12(2,3)8-11-7-9-4-5-10(11)6-9/h4-5,9-11H,6-8H2,1-3H3/q+1. The van der Waals surface area contributed by atoms with Crippen LogP contribution in [0.15, 0.2) is 12.2 Å². The zero-order valence-electron chi connectivity index (χ0n) is 8.46. The minimum atomic E-state index is 0.923. The molecule has 2 bridgehead atoms. The molecule has 0 heterocycles. The Morgan fingerprint density at radius 2 is 1.92 bits per heavy atom. The molecule has 0 saturated heterocycles. The van der Waals surface area contributed by atoms with E-state index in [0.29, 0.717) is 0 Å². The van der Waals surface area contributed by atoms with Crippen LogP contribution in [0.25, 0.3) is 0 Å². The first-order chi connectivity index (χ1) is 5.54. The van der Waals surface area contributed by atoms with Crippen molar-refractivity contribution in [2.45, 2.75) is 12.8 Å². The normalized spacial score (nSPS) is 39.4. The highest BCUT2D eigenvalue weighted by atomic mass is 15.3. The first-order valence-electron chi connectivity index (χ1n) is 5.03. The van der Waals surface area contributed by atoms with E-state index in [1.54, 1.807) is 0 Å². The Morgan fingerprint density at radius 3 is 2.33 bits per heavy atom. The lowest BCUT2D eigenvalue weighted by Gasteiger charge is -2.30. The van der Waals surface area contributed by atoms with Gasteiger partial charge in [-0.05, 0) is 24.7 Å². The van der Waals surface area contributed by atoms with Gasteiger partial charge >= 0.3 is 0 Å². The van der Waals surface area contributed by atoms with Gasteiger partial charge in [0.1, 0.15) is 0 Å². The van der Waals surface area contributed by atoms with Crippen LogP contribution in [0.1, 0.15) is 12.8 Å². The van der Waals surface area contributed by atoms with E-state index < -0.39 is 0 Å². The molecule has 0 aliphatic heterocycles. The molecule has 2 aliphatic rings. The summed E-state index contributed by atoms with van der Waals surface area (Å²) in [6, 6.07) is 0. The van der Waals surface area contributed by atoms with Gasteiger partial charge in [0.15, 0.2) is 0 Å². The van der Waals surface area contributed by atoms with Crippen molar-refractivity contribution in [3.05, 3.63) is 12.2 Å². The molecular formula is C11H20N+. The molecule has 1 fully saturated rings. The molecule has 2 rings (SSSR count). The van der Waals surface area contributed by atoms with Crippen LogP contribution in [-0.4, -0.2) is 32.2 Å². The lowest BCUT2D eigenvalue weighted by atomic mass is 9.93. The Bertz CT molecular complexity index is 200. The van der Waals surface area contributed by atoms with Crippen LogP contribution < -0.4 is 0 Å². The summed E-state index contributed by atoms with van der Waals surface area (Å²) in [5.74, 6) is 2.83. The first kappa shape index (κ1) is 8.31. The zero-order valence-corrected chi connectivity index (χ0v) is 8.46. The fourth-order valence-electron chi connectivity index (χ4n) is 2.81. The number of allylic oxidation sites excluding steroid dienone is 2. The Balaban J connectivity index is 1.96. The first-order valence-corrected chi connectivity index (χ1v) is 5.03. The molecule has 3 unspecified atom stereocenters. The van der Waals surface area contributed by atoms with E-state index in [-0.39, 0.29) is 0 Å². The van der Waals surface area contributed by atoms with E-state index >= 15 is 0 Å². The van der Waals surface area contributed by atoms with Gasteiger partial charge in [-0.3, -0.25) is 0 Å². The Labute approximate surface area is 75.7 Å². The molecule has 0 radical (unpaired) electrons. The van der Waals surface area contributed by atoms with E-state index in [1.807, 2.05) is 0 Å². The average Bonchev–Trinajstić information content (AvgIpc) is 2.42. The van der Waals surface area contributed by atoms with Crippen LogP contribution in [0.2, 0.25) is 0 Å². The van der Waals surface area contributed by atoms with Gasteiger partial charge in [0.05, 0.1) is 27.7 Å². The minimum Gasteiger partial charge on any atom is -0.331 e. The van der Waals surface area contributed by atoms with E-state index in [4.69, 9.17) is 0 Å². The number of fused-ring (bicyclic) bond motifs is 2. The summed E-state index contributed by atoms with van der Waals surface area (Å²) in [6.07, 6.45) is 7.78. The molecule has 1 saturated carbocycles. The summed E-state index contributed by atoms with van der Waals surface area (Å²) in [5, 5.41) is 0. The maximum atomic E-state index is 2.45. The fourth-order valence-corrected chi connectivity index (χ4v) is 2.81. The van der Waals surface area contributed by atoms with Crippen molar-refractivity contribution in [2.24, 2.45) is 17.8 Å². The van der Waals surface area contributed by atoms with Crippen molar-refractivity contribution in [1.29, 1.82) is 0 Å². The van der Waals surface area contributed by atoms with Gasteiger partial charge in [0.25, 0.3) is 0 Å². The predicted molar refractivity (Wildman–Crippen MR) is 51.7 cm³/mol. The van der Waals surface area contributed by atoms with Gasteiger partial charge < -0.3 is 4.48 Å². The third kappa shape index (κ3) is 1.56. The second-order valence-corrected chi connectivity index (χ2v) is 5.51. The molecule has 0 aromatic carbocycles. The predicted octanol–water partition coefficient (Wildman–Crippen LogP) is 1.90. The highest BCUT2D eigenvalue weighted by Gasteiger charge is 2.38. The highest BCUT2D eigenvalue weighted by molar-refractivity contribution is 5.09. The second-order valence-electron chi connectivity index (χ2n) is 5.51. The SMILES string of the molecule is C[N+](C)(C)CC1CC2C=CC1C2. The third-order valence-corrected chi connectivity index (χ3v) is 3.20. The monoisotopic (exact) mass is 166 g/mol. The van der Waals surface area contributed by atoms with Crippen molar-refractivity contribution < 1.29 is 4.48 Å². The molecule has 0 aromatic rings. The van der Waals surface area contributed by atoms with Crippen molar-refractivity contribution in [1.82, 2.24) is 0 Å². The Morgan fingerprint density at radius 1 is 1.17 bits per heavy atom. The van der Waals surface area contributed by atoms with Gasteiger partial charge in [0.2, 0.25) is 0 Å². The van der Waals surface area contributed by atoms with Gasteiger partial charge in [-0.25, -0.2) is 0 Å². The summed E-state index contributed by atoms with van der Waals surface area (Å²) >= 11 is 0. The molecule has 0 amide bonds. The van der Waals surface area contributed by atoms with Crippen LogP contribution in [-0.2, 0) is 0 Å². The smallest absolute Gasteiger partial charge is 0.0814 e. The molecule has 1 nitrogen and oxygen atoms in total. The summed E-state index contributed by atoms with van der Waals surface area (Å²) < 4.78 is 1.13. The maximum absolute atomic E-state index is 2.45. The summed E-state index contributed by atoms with van der Waals surface area (Å²) in [6.45, 7) is 1.35. The van der Waals surface area contributed by atoms with Gasteiger partial charge in [-0.2, -0.15) is 0 Å². The molecule has 0 spiro atoms. The molecule has 0 aromatic heterocycles. The maximum Gasteiger partial charge on any atom is 0.0814 e. The highest BCUT2D eigenvalue weighted by Crippen LogP contribution is 2.43. The fraction of sp³-hybridized carbons (Fsp3) is 0.818. The van der Waals surface area contributed by atoms with Crippen molar-refractivity contribution in [2.75, 3.05) is 27.7 Å². The Hall–Kier alpha value is -0.300. The van der Waals surface area contributed by atoms with Crippen LogP contribution in [0.5, 0.6) is 0 Å². The van der Waals surface area contributed by atoms with Gasteiger partial charge in [-0.1, -0.05) is 12.2 Å².